The van der Waals surface area contributed by atoms with E-state index in [2.05, 4.69) is 59.8 Å². The van der Waals surface area contributed by atoms with Gasteiger partial charge in [0.15, 0.2) is 0 Å². The highest BCUT2D eigenvalue weighted by molar-refractivity contribution is 9.10. The summed E-state index contributed by atoms with van der Waals surface area (Å²) in [5, 5.41) is 0. The summed E-state index contributed by atoms with van der Waals surface area (Å²) in [7, 11) is 1.75. The molecule has 2 unspecified atom stereocenters. The Morgan fingerprint density at radius 2 is 2.00 bits per heavy atom. The van der Waals surface area contributed by atoms with E-state index in [4.69, 9.17) is 10.5 Å². The molecule has 0 aliphatic carbocycles. The predicted octanol–water partition coefficient (Wildman–Crippen LogP) is 3.98. The molecule has 0 aliphatic rings. The number of anilines is 1. The van der Waals surface area contributed by atoms with E-state index in [1.165, 1.54) is 11.3 Å². The van der Waals surface area contributed by atoms with Gasteiger partial charge in [0.2, 0.25) is 0 Å². The maximum absolute atomic E-state index is 6.05. The number of halogens is 1. The second-order valence-corrected chi connectivity index (χ2v) is 6.46. The van der Waals surface area contributed by atoms with Crippen molar-refractivity contribution < 1.29 is 4.74 Å². The Kier molecular flexibility index (Phi) is 8.30. The zero-order valence-electron chi connectivity index (χ0n) is 13.7. The van der Waals surface area contributed by atoms with Gasteiger partial charge in [0.25, 0.3) is 0 Å². The fraction of sp³-hybridized carbons (Fsp3) is 0.647. The van der Waals surface area contributed by atoms with Crippen molar-refractivity contribution in [3.05, 3.63) is 28.2 Å². The molecule has 1 aromatic rings. The lowest BCUT2D eigenvalue weighted by Crippen LogP contribution is -2.35. The van der Waals surface area contributed by atoms with Gasteiger partial charge in [-0.05, 0) is 59.8 Å². The molecule has 21 heavy (non-hydrogen) atoms. The molecular formula is C17H29BrN2O. The predicted molar refractivity (Wildman–Crippen MR) is 95.1 cm³/mol. The molecule has 4 heteroatoms. The zero-order valence-corrected chi connectivity index (χ0v) is 15.3. The number of nitrogens with zero attached hydrogens (tertiary/aromatic N) is 1. The summed E-state index contributed by atoms with van der Waals surface area (Å²) in [6.07, 6.45) is 3.04. The standard InChI is InChI=1S/C17H29BrN2O/c1-5-13(3)20(9-10-21-4)17-8-7-14(12-16(17)18)11-15(19)6-2/h7-8,12-13,15H,5-6,9-11,19H2,1-4H3. The van der Waals surface area contributed by atoms with Crippen LogP contribution >= 0.6 is 15.9 Å². The summed E-state index contributed by atoms with van der Waals surface area (Å²) in [5.74, 6) is 0. The van der Waals surface area contributed by atoms with E-state index in [9.17, 15) is 0 Å². The van der Waals surface area contributed by atoms with Crippen molar-refractivity contribution in [2.75, 3.05) is 25.2 Å². The first-order chi connectivity index (χ1) is 10.0. The molecular weight excluding hydrogens is 328 g/mol. The lowest BCUT2D eigenvalue weighted by Gasteiger charge is -2.31. The highest BCUT2D eigenvalue weighted by Crippen LogP contribution is 2.29. The van der Waals surface area contributed by atoms with Crippen LogP contribution in [0.5, 0.6) is 0 Å². The fourth-order valence-electron chi connectivity index (χ4n) is 2.35. The van der Waals surface area contributed by atoms with Crippen LogP contribution in [0.4, 0.5) is 5.69 Å². The van der Waals surface area contributed by atoms with Gasteiger partial charge in [0, 0.05) is 30.2 Å². The first kappa shape index (κ1) is 18.5. The number of nitrogens with two attached hydrogens (primary N) is 1. The normalized spacial score (nSPS) is 14.0. The Labute approximate surface area is 138 Å². The van der Waals surface area contributed by atoms with Gasteiger partial charge in [-0.3, -0.25) is 0 Å². The summed E-state index contributed by atoms with van der Waals surface area (Å²) < 4.78 is 6.38. The van der Waals surface area contributed by atoms with Gasteiger partial charge in [-0.15, -0.1) is 0 Å². The molecule has 0 saturated heterocycles. The molecule has 2 N–H and O–H groups in total. The van der Waals surface area contributed by atoms with Crippen LogP contribution in [0.15, 0.2) is 22.7 Å². The quantitative estimate of drug-likeness (QED) is 0.727. The molecule has 1 rings (SSSR count). The third kappa shape index (κ3) is 5.61. The van der Waals surface area contributed by atoms with Crippen LogP contribution in [0.2, 0.25) is 0 Å². The SMILES string of the molecule is CCC(N)Cc1ccc(N(CCOC)C(C)CC)c(Br)c1. The number of hydrogen-bond acceptors (Lipinski definition) is 3. The summed E-state index contributed by atoms with van der Waals surface area (Å²) in [6.45, 7) is 8.23. The highest BCUT2D eigenvalue weighted by Gasteiger charge is 2.16. The molecule has 3 nitrogen and oxygen atoms in total. The lowest BCUT2D eigenvalue weighted by molar-refractivity contribution is 0.203. The van der Waals surface area contributed by atoms with Crippen LogP contribution < -0.4 is 10.6 Å². The largest absolute Gasteiger partial charge is 0.383 e. The van der Waals surface area contributed by atoms with Crippen molar-refractivity contribution in [3.8, 4) is 0 Å². The Morgan fingerprint density at radius 1 is 1.29 bits per heavy atom. The summed E-state index contributed by atoms with van der Waals surface area (Å²) in [6, 6.07) is 7.32. The van der Waals surface area contributed by atoms with Crippen LogP contribution in [0, 0.1) is 0 Å². The number of methoxy groups -OCH3 is 1. The minimum atomic E-state index is 0.238. The topological polar surface area (TPSA) is 38.5 Å². The molecule has 0 heterocycles. The molecule has 0 aliphatic heterocycles. The van der Waals surface area contributed by atoms with Crippen molar-refractivity contribution in [2.24, 2.45) is 5.73 Å². The minimum Gasteiger partial charge on any atom is -0.383 e. The number of ether oxygens (including phenoxy) is 1. The van der Waals surface area contributed by atoms with Crippen molar-refractivity contribution in [2.45, 2.75) is 52.1 Å². The van der Waals surface area contributed by atoms with Crippen LogP contribution in [0.3, 0.4) is 0 Å². The first-order valence-corrected chi connectivity index (χ1v) is 8.62. The van der Waals surface area contributed by atoms with Crippen molar-refractivity contribution in [1.29, 1.82) is 0 Å². The van der Waals surface area contributed by atoms with Gasteiger partial charge >= 0.3 is 0 Å². The third-order valence-electron chi connectivity index (χ3n) is 4.00. The lowest BCUT2D eigenvalue weighted by atomic mass is 10.0. The second-order valence-electron chi connectivity index (χ2n) is 5.60. The zero-order chi connectivity index (χ0) is 15.8. The molecule has 1 aromatic carbocycles. The Balaban J connectivity index is 2.93. The van der Waals surface area contributed by atoms with E-state index in [0.717, 1.165) is 36.9 Å². The van der Waals surface area contributed by atoms with Crippen molar-refractivity contribution in [1.82, 2.24) is 0 Å². The van der Waals surface area contributed by atoms with Crippen molar-refractivity contribution in [3.63, 3.8) is 0 Å². The molecule has 0 amide bonds. The Morgan fingerprint density at radius 3 is 2.52 bits per heavy atom. The molecule has 2 atom stereocenters. The monoisotopic (exact) mass is 356 g/mol. The van der Waals surface area contributed by atoms with E-state index in [-0.39, 0.29) is 6.04 Å². The molecule has 0 radical (unpaired) electrons. The highest BCUT2D eigenvalue weighted by atomic mass is 79.9. The summed E-state index contributed by atoms with van der Waals surface area (Å²) in [4.78, 5) is 2.40. The van der Waals surface area contributed by atoms with Gasteiger partial charge in [0.05, 0.1) is 12.3 Å². The van der Waals surface area contributed by atoms with Crippen molar-refractivity contribution >= 4 is 21.6 Å². The third-order valence-corrected chi connectivity index (χ3v) is 4.64. The van der Waals surface area contributed by atoms with Gasteiger partial charge in [0.1, 0.15) is 0 Å². The Hall–Kier alpha value is -0.580. The molecule has 0 aromatic heterocycles. The molecule has 0 bridgehead atoms. The molecule has 0 fully saturated rings. The number of hydrogen-bond donors (Lipinski definition) is 1. The van der Waals surface area contributed by atoms with E-state index in [0.29, 0.717) is 6.04 Å². The Bertz CT molecular complexity index is 425. The maximum Gasteiger partial charge on any atom is 0.0637 e. The number of rotatable bonds is 9. The fourth-order valence-corrected chi connectivity index (χ4v) is 3.00. The average Bonchev–Trinajstić information content (AvgIpc) is 2.48. The van der Waals surface area contributed by atoms with E-state index in [1.807, 2.05) is 0 Å². The first-order valence-electron chi connectivity index (χ1n) is 7.83. The smallest absolute Gasteiger partial charge is 0.0637 e. The number of benzene rings is 1. The summed E-state index contributed by atoms with van der Waals surface area (Å²) in [5.41, 5.74) is 8.57. The molecule has 0 spiro atoms. The van der Waals surface area contributed by atoms with Crippen LogP contribution in [0.25, 0.3) is 0 Å². The van der Waals surface area contributed by atoms with Crippen LogP contribution in [-0.4, -0.2) is 32.3 Å². The van der Waals surface area contributed by atoms with Gasteiger partial charge in [-0.1, -0.05) is 19.9 Å². The van der Waals surface area contributed by atoms with Gasteiger partial charge < -0.3 is 15.4 Å². The maximum atomic E-state index is 6.05. The van der Waals surface area contributed by atoms with Gasteiger partial charge in [-0.2, -0.15) is 0 Å². The minimum absolute atomic E-state index is 0.238. The second kappa shape index (κ2) is 9.44. The average molecular weight is 357 g/mol. The van der Waals surface area contributed by atoms with Gasteiger partial charge in [-0.25, -0.2) is 0 Å². The molecule has 120 valence electrons. The van der Waals surface area contributed by atoms with E-state index >= 15 is 0 Å². The van der Waals surface area contributed by atoms with Crippen LogP contribution in [0.1, 0.15) is 39.2 Å². The van der Waals surface area contributed by atoms with E-state index < -0.39 is 0 Å². The van der Waals surface area contributed by atoms with Crippen LogP contribution in [-0.2, 0) is 11.2 Å². The van der Waals surface area contributed by atoms with E-state index in [1.54, 1.807) is 7.11 Å². The molecule has 0 saturated carbocycles. The summed E-state index contributed by atoms with van der Waals surface area (Å²) >= 11 is 3.73.